The van der Waals surface area contributed by atoms with Gasteiger partial charge in [0.25, 0.3) is 0 Å². The molecule has 0 fully saturated rings. The average Bonchev–Trinajstić information content (AvgIpc) is 2.44. The van der Waals surface area contributed by atoms with Gasteiger partial charge < -0.3 is 5.73 Å². The van der Waals surface area contributed by atoms with E-state index in [-0.39, 0.29) is 17.8 Å². The number of benzene rings is 2. The fourth-order valence-electron chi connectivity index (χ4n) is 2.12. The fourth-order valence-corrected chi connectivity index (χ4v) is 2.12. The Bertz CT molecular complexity index is 605. The highest BCUT2D eigenvalue weighted by molar-refractivity contribution is 5.98. The molecule has 0 atom stereocenters. The van der Waals surface area contributed by atoms with E-state index in [4.69, 9.17) is 5.73 Å². The zero-order valence-electron chi connectivity index (χ0n) is 10.9. The molecule has 0 amide bonds. The first-order chi connectivity index (χ1) is 9.63. The van der Waals surface area contributed by atoms with Gasteiger partial charge in [-0.25, -0.2) is 8.78 Å². The third kappa shape index (κ3) is 3.08. The van der Waals surface area contributed by atoms with Crippen LogP contribution in [0.15, 0.2) is 42.5 Å². The summed E-state index contributed by atoms with van der Waals surface area (Å²) in [6.07, 6.45) is 0.266. The summed E-state index contributed by atoms with van der Waals surface area (Å²) in [6, 6.07) is 10.6. The SMILES string of the molecule is NCCc1ccccc1C(=O)Cc1c(F)cccc1F. The van der Waals surface area contributed by atoms with Gasteiger partial charge in [-0.1, -0.05) is 30.3 Å². The van der Waals surface area contributed by atoms with Gasteiger partial charge in [-0.15, -0.1) is 0 Å². The Morgan fingerprint density at radius 1 is 1.00 bits per heavy atom. The fraction of sp³-hybridized carbons (Fsp3) is 0.188. The molecule has 4 heteroatoms. The van der Waals surface area contributed by atoms with Crippen LogP contribution in [0.2, 0.25) is 0 Å². The molecular weight excluding hydrogens is 260 g/mol. The molecule has 2 nitrogen and oxygen atoms in total. The van der Waals surface area contributed by atoms with Gasteiger partial charge in [-0.3, -0.25) is 4.79 Å². The first-order valence-corrected chi connectivity index (χ1v) is 6.37. The van der Waals surface area contributed by atoms with Crippen LogP contribution >= 0.6 is 0 Å². The molecule has 2 aromatic carbocycles. The normalized spacial score (nSPS) is 10.6. The van der Waals surface area contributed by atoms with Gasteiger partial charge in [0.15, 0.2) is 5.78 Å². The van der Waals surface area contributed by atoms with Crippen molar-refractivity contribution in [3.8, 4) is 0 Å². The molecule has 0 bridgehead atoms. The van der Waals surface area contributed by atoms with E-state index in [1.165, 1.54) is 6.07 Å². The van der Waals surface area contributed by atoms with Crippen molar-refractivity contribution in [2.24, 2.45) is 5.73 Å². The second-order valence-corrected chi connectivity index (χ2v) is 4.50. The predicted molar refractivity (Wildman–Crippen MR) is 73.6 cm³/mol. The molecule has 0 aliphatic carbocycles. The highest BCUT2D eigenvalue weighted by Gasteiger charge is 2.16. The molecule has 0 heterocycles. The smallest absolute Gasteiger partial charge is 0.167 e. The maximum Gasteiger partial charge on any atom is 0.167 e. The Labute approximate surface area is 116 Å². The van der Waals surface area contributed by atoms with Crippen molar-refractivity contribution >= 4 is 5.78 Å². The summed E-state index contributed by atoms with van der Waals surface area (Å²) in [6.45, 7) is 0.415. The quantitative estimate of drug-likeness (QED) is 0.853. The minimum Gasteiger partial charge on any atom is -0.330 e. The van der Waals surface area contributed by atoms with Gasteiger partial charge in [-0.05, 0) is 30.7 Å². The maximum atomic E-state index is 13.6. The summed E-state index contributed by atoms with van der Waals surface area (Å²) in [5.74, 6) is -1.71. The number of carbonyl (C=O) groups excluding carboxylic acids is 1. The number of hydrogen-bond acceptors (Lipinski definition) is 2. The molecule has 2 rings (SSSR count). The van der Waals surface area contributed by atoms with E-state index < -0.39 is 11.6 Å². The third-order valence-corrected chi connectivity index (χ3v) is 3.13. The van der Waals surface area contributed by atoms with E-state index in [0.29, 0.717) is 18.5 Å². The lowest BCUT2D eigenvalue weighted by molar-refractivity contribution is 0.0989. The summed E-state index contributed by atoms with van der Waals surface area (Å²) in [5.41, 5.74) is 6.58. The molecule has 0 spiro atoms. The van der Waals surface area contributed by atoms with Crippen LogP contribution in [0.1, 0.15) is 21.5 Å². The van der Waals surface area contributed by atoms with Crippen LogP contribution in [0.25, 0.3) is 0 Å². The number of nitrogens with two attached hydrogens (primary N) is 1. The number of carbonyl (C=O) groups is 1. The minimum absolute atomic E-state index is 0.194. The van der Waals surface area contributed by atoms with Gasteiger partial charge in [-0.2, -0.15) is 0 Å². The molecule has 0 saturated carbocycles. The largest absolute Gasteiger partial charge is 0.330 e. The molecule has 0 aliphatic rings. The topological polar surface area (TPSA) is 43.1 Å². The summed E-state index contributed by atoms with van der Waals surface area (Å²) >= 11 is 0. The van der Waals surface area contributed by atoms with Crippen molar-refractivity contribution in [3.63, 3.8) is 0 Å². The van der Waals surface area contributed by atoms with E-state index in [1.807, 2.05) is 6.07 Å². The van der Waals surface area contributed by atoms with E-state index in [9.17, 15) is 13.6 Å². The summed E-state index contributed by atoms with van der Waals surface area (Å²) in [5, 5.41) is 0. The molecule has 2 aromatic rings. The number of halogens is 2. The number of Topliss-reactive ketones (excluding diaryl/α,β-unsaturated/α-hetero) is 1. The molecule has 0 saturated heterocycles. The van der Waals surface area contributed by atoms with E-state index >= 15 is 0 Å². The molecule has 0 aromatic heterocycles. The van der Waals surface area contributed by atoms with E-state index in [0.717, 1.165) is 17.7 Å². The third-order valence-electron chi connectivity index (χ3n) is 3.13. The summed E-state index contributed by atoms with van der Waals surface area (Å²) < 4.78 is 27.1. The van der Waals surface area contributed by atoms with E-state index in [1.54, 1.807) is 18.2 Å². The Morgan fingerprint density at radius 2 is 1.65 bits per heavy atom. The number of hydrogen-bond donors (Lipinski definition) is 1. The van der Waals surface area contributed by atoms with Crippen molar-refractivity contribution in [2.75, 3.05) is 6.54 Å². The lowest BCUT2D eigenvalue weighted by atomic mass is 9.96. The lowest BCUT2D eigenvalue weighted by Gasteiger charge is -2.09. The van der Waals surface area contributed by atoms with Crippen LogP contribution in [-0.2, 0) is 12.8 Å². The van der Waals surface area contributed by atoms with Crippen LogP contribution in [0.5, 0.6) is 0 Å². The number of rotatable bonds is 5. The summed E-state index contributed by atoms with van der Waals surface area (Å²) in [7, 11) is 0. The standard InChI is InChI=1S/C16H15F2NO/c17-14-6-3-7-15(18)13(14)10-16(20)12-5-2-1-4-11(12)8-9-19/h1-7H,8-10,19H2. The second kappa shape index (κ2) is 6.39. The Balaban J connectivity index is 2.29. The monoisotopic (exact) mass is 275 g/mol. The van der Waals surface area contributed by atoms with Crippen molar-refractivity contribution in [2.45, 2.75) is 12.8 Å². The molecule has 20 heavy (non-hydrogen) atoms. The van der Waals surface area contributed by atoms with Gasteiger partial charge in [0.2, 0.25) is 0 Å². The van der Waals surface area contributed by atoms with Crippen LogP contribution < -0.4 is 5.73 Å². The van der Waals surface area contributed by atoms with Gasteiger partial charge in [0.1, 0.15) is 11.6 Å². The van der Waals surface area contributed by atoms with Gasteiger partial charge in [0, 0.05) is 17.5 Å². The van der Waals surface area contributed by atoms with Crippen molar-refractivity contribution in [3.05, 3.63) is 70.8 Å². The zero-order chi connectivity index (χ0) is 14.5. The second-order valence-electron chi connectivity index (χ2n) is 4.50. The van der Waals surface area contributed by atoms with Crippen LogP contribution in [-0.4, -0.2) is 12.3 Å². The van der Waals surface area contributed by atoms with Crippen LogP contribution in [0.3, 0.4) is 0 Å². The minimum atomic E-state index is -0.699. The van der Waals surface area contributed by atoms with Gasteiger partial charge >= 0.3 is 0 Å². The van der Waals surface area contributed by atoms with Crippen molar-refractivity contribution < 1.29 is 13.6 Å². The molecule has 2 N–H and O–H groups in total. The highest BCUT2D eigenvalue weighted by atomic mass is 19.1. The molecule has 0 unspecified atom stereocenters. The zero-order valence-corrected chi connectivity index (χ0v) is 10.9. The average molecular weight is 275 g/mol. The number of ketones is 1. The van der Waals surface area contributed by atoms with Crippen molar-refractivity contribution in [1.29, 1.82) is 0 Å². The maximum absolute atomic E-state index is 13.6. The molecule has 104 valence electrons. The lowest BCUT2D eigenvalue weighted by Crippen LogP contribution is -2.12. The van der Waals surface area contributed by atoms with Gasteiger partial charge in [0.05, 0.1) is 0 Å². The first-order valence-electron chi connectivity index (χ1n) is 6.37. The molecule has 0 aliphatic heterocycles. The van der Waals surface area contributed by atoms with Crippen LogP contribution in [0.4, 0.5) is 8.78 Å². The Kier molecular flexibility index (Phi) is 4.58. The highest BCUT2D eigenvalue weighted by Crippen LogP contribution is 2.17. The first kappa shape index (κ1) is 14.3. The predicted octanol–water partition coefficient (Wildman–Crippen LogP) is 2.89. The molecular formula is C16H15F2NO. The Hall–Kier alpha value is -2.07. The Morgan fingerprint density at radius 3 is 2.30 bits per heavy atom. The van der Waals surface area contributed by atoms with E-state index in [2.05, 4.69) is 0 Å². The van der Waals surface area contributed by atoms with Crippen LogP contribution in [0, 0.1) is 11.6 Å². The molecule has 0 radical (unpaired) electrons. The summed E-state index contributed by atoms with van der Waals surface area (Å²) in [4.78, 5) is 12.2. The van der Waals surface area contributed by atoms with Crippen molar-refractivity contribution in [1.82, 2.24) is 0 Å².